The van der Waals surface area contributed by atoms with Crippen LogP contribution in [0.2, 0.25) is 0 Å². The van der Waals surface area contributed by atoms with Gasteiger partial charge in [0.05, 0.1) is 10.5 Å². The number of anilines is 2. The fourth-order valence-corrected chi connectivity index (χ4v) is 3.33. The summed E-state index contributed by atoms with van der Waals surface area (Å²) in [6, 6.07) is 9.07. The molecule has 0 radical (unpaired) electrons. The Morgan fingerprint density at radius 1 is 1.17 bits per heavy atom. The number of amides is 1. The molecule has 8 heteroatoms. The van der Waals surface area contributed by atoms with E-state index in [0.717, 1.165) is 18.3 Å². The zero-order chi connectivity index (χ0) is 17.9. The molecule has 0 aliphatic carbocycles. The highest BCUT2D eigenvalue weighted by atomic mass is 32.2. The first kappa shape index (κ1) is 17.6. The fourth-order valence-electron chi connectivity index (χ4n) is 2.16. The van der Waals surface area contributed by atoms with Gasteiger partial charge in [0.1, 0.15) is 5.75 Å². The maximum Gasteiger partial charge on any atom is 0.261 e. The molecule has 0 aliphatic heterocycles. The Balaban J connectivity index is 2.35. The number of rotatable bonds is 6. The Labute approximate surface area is 140 Å². The Morgan fingerprint density at radius 2 is 1.75 bits per heavy atom. The molecule has 24 heavy (non-hydrogen) atoms. The minimum absolute atomic E-state index is 0.151. The second-order valence-corrected chi connectivity index (χ2v) is 6.90. The number of nitrogens with one attached hydrogen (secondary N) is 2. The van der Waals surface area contributed by atoms with Crippen LogP contribution in [0, 0.1) is 6.92 Å². The minimum Gasteiger partial charge on any atom is -0.507 e. The molecule has 0 atom stereocenters. The summed E-state index contributed by atoms with van der Waals surface area (Å²) in [5.41, 5.74) is 6.43. The van der Waals surface area contributed by atoms with Crippen molar-refractivity contribution in [1.29, 1.82) is 0 Å². The molecule has 2 aromatic carbocycles. The van der Waals surface area contributed by atoms with Crippen LogP contribution < -0.4 is 15.8 Å². The quantitative estimate of drug-likeness (QED) is 0.636. The Hall–Kier alpha value is -2.74. The van der Waals surface area contributed by atoms with E-state index in [-0.39, 0.29) is 21.8 Å². The largest absolute Gasteiger partial charge is 0.507 e. The number of benzene rings is 2. The fraction of sp³-hybridized carbons (Fsp3) is 0.188. The molecule has 128 valence electrons. The normalized spacial score (nSPS) is 11.1. The first-order valence-corrected chi connectivity index (χ1v) is 8.73. The third-order valence-corrected chi connectivity index (χ3v) is 4.73. The maximum atomic E-state index is 12.5. The third-order valence-electron chi connectivity index (χ3n) is 3.37. The number of aryl methyl sites for hydroxylation is 1. The van der Waals surface area contributed by atoms with Crippen LogP contribution in [0.25, 0.3) is 0 Å². The molecule has 5 N–H and O–H groups in total. The Bertz CT molecular complexity index is 862. The number of hydrogen-bond donors (Lipinski definition) is 4. The van der Waals surface area contributed by atoms with Crippen molar-refractivity contribution >= 4 is 27.3 Å². The summed E-state index contributed by atoms with van der Waals surface area (Å²) < 4.78 is 27.4. The molecule has 0 saturated heterocycles. The summed E-state index contributed by atoms with van der Waals surface area (Å²) in [6.07, 6.45) is 0. The van der Waals surface area contributed by atoms with Crippen LogP contribution in [0.4, 0.5) is 11.4 Å². The van der Waals surface area contributed by atoms with Gasteiger partial charge in [-0.25, -0.2) is 8.42 Å². The van der Waals surface area contributed by atoms with Crippen molar-refractivity contribution in [2.75, 3.05) is 16.6 Å². The van der Waals surface area contributed by atoms with E-state index in [1.807, 2.05) is 6.92 Å². The van der Waals surface area contributed by atoms with Crippen molar-refractivity contribution in [3.63, 3.8) is 0 Å². The van der Waals surface area contributed by atoms with Crippen molar-refractivity contribution in [3.05, 3.63) is 47.5 Å². The van der Waals surface area contributed by atoms with Crippen molar-refractivity contribution in [3.8, 4) is 5.75 Å². The first-order valence-electron chi connectivity index (χ1n) is 7.24. The molecule has 1 amide bonds. The van der Waals surface area contributed by atoms with Gasteiger partial charge >= 0.3 is 0 Å². The summed E-state index contributed by atoms with van der Waals surface area (Å²) >= 11 is 0. The van der Waals surface area contributed by atoms with E-state index in [2.05, 4.69) is 10.0 Å². The molecule has 0 aliphatic rings. The lowest BCUT2D eigenvalue weighted by atomic mass is 10.1. The van der Waals surface area contributed by atoms with Gasteiger partial charge in [-0.2, -0.15) is 0 Å². The van der Waals surface area contributed by atoms with Crippen molar-refractivity contribution in [2.24, 2.45) is 5.73 Å². The Kier molecular flexibility index (Phi) is 4.99. The molecular weight excluding hydrogens is 330 g/mol. The molecule has 0 fully saturated rings. The van der Waals surface area contributed by atoms with Crippen LogP contribution in [-0.2, 0) is 10.0 Å². The standard InChI is InChI=1S/C16H19N3O4S/c1-3-18-11-4-6-12(7-5-11)19-24(22,23)13-8-10(2)15(20)14(9-13)16(17)21/h4-9,18-20H,3H2,1-2H3,(H2,17,21). The summed E-state index contributed by atoms with van der Waals surface area (Å²) in [7, 11) is -3.92. The number of aromatic hydroxyl groups is 1. The Morgan fingerprint density at radius 3 is 2.29 bits per heavy atom. The van der Waals surface area contributed by atoms with Crippen LogP contribution in [-0.4, -0.2) is 26.0 Å². The lowest BCUT2D eigenvalue weighted by Gasteiger charge is -2.12. The van der Waals surface area contributed by atoms with Crippen molar-refractivity contribution in [1.82, 2.24) is 0 Å². The van der Waals surface area contributed by atoms with Gasteiger partial charge in [-0.3, -0.25) is 9.52 Å². The highest BCUT2D eigenvalue weighted by Crippen LogP contribution is 2.27. The van der Waals surface area contributed by atoms with Crippen LogP contribution in [0.3, 0.4) is 0 Å². The van der Waals surface area contributed by atoms with Gasteiger partial charge in [0.2, 0.25) is 0 Å². The molecule has 0 bridgehead atoms. The highest BCUT2D eigenvalue weighted by molar-refractivity contribution is 7.92. The van der Waals surface area contributed by atoms with E-state index in [9.17, 15) is 18.3 Å². The number of phenols is 1. The van der Waals surface area contributed by atoms with Crippen LogP contribution in [0.1, 0.15) is 22.8 Å². The molecule has 2 rings (SSSR count). The smallest absolute Gasteiger partial charge is 0.261 e. The van der Waals surface area contributed by atoms with Gasteiger partial charge in [0.15, 0.2) is 0 Å². The molecule has 7 nitrogen and oxygen atoms in total. The first-order chi connectivity index (χ1) is 11.2. The zero-order valence-corrected chi connectivity index (χ0v) is 14.1. The molecule has 0 unspecified atom stereocenters. The van der Waals surface area contributed by atoms with E-state index in [4.69, 9.17) is 5.73 Å². The molecule has 2 aromatic rings. The molecule has 0 heterocycles. The second-order valence-electron chi connectivity index (χ2n) is 5.21. The van der Waals surface area contributed by atoms with Gasteiger partial charge in [0, 0.05) is 17.9 Å². The van der Waals surface area contributed by atoms with E-state index in [1.165, 1.54) is 13.0 Å². The number of nitrogens with two attached hydrogens (primary N) is 1. The van der Waals surface area contributed by atoms with Gasteiger partial charge in [-0.05, 0) is 55.8 Å². The zero-order valence-electron chi connectivity index (χ0n) is 13.3. The maximum absolute atomic E-state index is 12.5. The van der Waals surface area contributed by atoms with Crippen LogP contribution in [0.15, 0.2) is 41.3 Å². The molecule has 0 aromatic heterocycles. The van der Waals surface area contributed by atoms with E-state index in [0.29, 0.717) is 5.69 Å². The van der Waals surface area contributed by atoms with E-state index >= 15 is 0 Å². The topological polar surface area (TPSA) is 122 Å². The van der Waals surface area contributed by atoms with Gasteiger partial charge in [-0.15, -0.1) is 0 Å². The van der Waals surface area contributed by atoms with Crippen molar-refractivity contribution in [2.45, 2.75) is 18.7 Å². The molecule has 0 spiro atoms. The minimum atomic E-state index is -3.92. The second kappa shape index (κ2) is 6.79. The van der Waals surface area contributed by atoms with Crippen LogP contribution >= 0.6 is 0 Å². The predicted molar refractivity (Wildman–Crippen MR) is 92.8 cm³/mol. The average molecular weight is 349 g/mol. The number of hydrogen-bond acceptors (Lipinski definition) is 5. The molecule has 0 saturated carbocycles. The SMILES string of the molecule is CCNc1ccc(NS(=O)(=O)c2cc(C)c(O)c(C(N)=O)c2)cc1. The summed E-state index contributed by atoms with van der Waals surface area (Å²) in [6.45, 7) is 4.21. The van der Waals surface area contributed by atoms with E-state index < -0.39 is 15.9 Å². The number of primary amides is 1. The van der Waals surface area contributed by atoms with Gasteiger partial charge in [-0.1, -0.05) is 0 Å². The summed E-state index contributed by atoms with van der Waals surface area (Å²) in [5, 5.41) is 12.9. The van der Waals surface area contributed by atoms with Crippen LogP contribution in [0.5, 0.6) is 5.75 Å². The number of carbonyl (C=O) groups is 1. The third kappa shape index (κ3) is 3.77. The monoisotopic (exact) mass is 349 g/mol. The number of carbonyl (C=O) groups excluding carboxylic acids is 1. The lowest BCUT2D eigenvalue weighted by molar-refractivity contribution is 0.0997. The van der Waals surface area contributed by atoms with Gasteiger partial charge < -0.3 is 16.2 Å². The van der Waals surface area contributed by atoms with Crippen molar-refractivity contribution < 1.29 is 18.3 Å². The number of sulfonamides is 1. The summed E-state index contributed by atoms with van der Waals surface area (Å²) in [4.78, 5) is 11.2. The predicted octanol–water partition coefficient (Wildman–Crippen LogP) is 2.03. The highest BCUT2D eigenvalue weighted by Gasteiger charge is 2.20. The molecular formula is C16H19N3O4S. The van der Waals surface area contributed by atoms with Gasteiger partial charge in [0.25, 0.3) is 15.9 Å². The summed E-state index contributed by atoms with van der Waals surface area (Å²) in [5.74, 6) is -1.22. The lowest BCUT2D eigenvalue weighted by Crippen LogP contribution is -2.16. The van der Waals surface area contributed by atoms with E-state index in [1.54, 1.807) is 24.3 Å². The average Bonchev–Trinajstić information content (AvgIpc) is 2.51.